The molecule has 0 radical (unpaired) electrons. The summed E-state index contributed by atoms with van der Waals surface area (Å²) >= 11 is 0. The van der Waals surface area contributed by atoms with Gasteiger partial charge in [-0.15, -0.1) is 0 Å². The standard InChI is InChI=1S/C10H15FN4/c1-3-6-14(2)10(13)15-7-8(11)4-5-9(15)12/h4-5,7,12-13H,3,6H2,1-2H3. The molecule has 0 aliphatic carbocycles. The normalized spacial score (nSPS) is 10.1. The van der Waals surface area contributed by atoms with Crippen molar-refractivity contribution in [2.45, 2.75) is 13.3 Å². The van der Waals surface area contributed by atoms with Gasteiger partial charge in [-0.25, -0.2) is 4.39 Å². The topological polar surface area (TPSA) is 55.9 Å². The Hall–Kier alpha value is -1.65. The minimum absolute atomic E-state index is 0.101. The highest BCUT2D eigenvalue weighted by Crippen LogP contribution is 1.95. The molecule has 0 bridgehead atoms. The summed E-state index contributed by atoms with van der Waals surface area (Å²) in [6.45, 7) is 2.71. The molecule has 5 heteroatoms. The minimum Gasteiger partial charge on any atom is -0.345 e. The summed E-state index contributed by atoms with van der Waals surface area (Å²) in [6.07, 6.45) is 2.05. The van der Waals surface area contributed by atoms with Crippen LogP contribution in [0.3, 0.4) is 0 Å². The molecule has 0 fully saturated rings. The number of nitrogens with one attached hydrogen (secondary N) is 2. The molecule has 0 spiro atoms. The van der Waals surface area contributed by atoms with Crippen molar-refractivity contribution in [1.82, 2.24) is 9.47 Å². The highest BCUT2D eigenvalue weighted by atomic mass is 19.1. The Morgan fingerprint density at radius 3 is 2.80 bits per heavy atom. The Morgan fingerprint density at radius 2 is 2.20 bits per heavy atom. The zero-order valence-electron chi connectivity index (χ0n) is 8.92. The van der Waals surface area contributed by atoms with E-state index in [1.165, 1.54) is 16.7 Å². The fourth-order valence-corrected chi connectivity index (χ4v) is 1.28. The predicted molar refractivity (Wildman–Crippen MR) is 56.3 cm³/mol. The van der Waals surface area contributed by atoms with Gasteiger partial charge in [-0.3, -0.25) is 15.4 Å². The summed E-state index contributed by atoms with van der Waals surface area (Å²) in [5, 5.41) is 15.3. The molecule has 2 N–H and O–H groups in total. The van der Waals surface area contributed by atoms with Crippen molar-refractivity contribution < 1.29 is 4.39 Å². The fourth-order valence-electron chi connectivity index (χ4n) is 1.28. The third-order valence-corrected chi connectivity index (χ3v) is 2.06. The molecule has 1 aromatic heterocycles. The smallest absolute Gasteiger partial charge is 0.203 e. The number of aromatic nitrogens is 1. The molecule has 0 atom stereocenters. The van der Waals surface area contributed by atoms with Crippen LogP contribution in [0.4, 0.5) is 4.39 Å². The number of hydrogen-bond donors (Lipinski definition) is 2. The van der Waals surface area contributed by atoms with Crippen LogP contribution in [0.2, 0.25) is 0 Å². The van der Waals surface area contributed by atoms with Gasteiger partial charge in [-0.2, -0.15) is 0 Å². The third kappa shape index (κ3) is 2.65. The zero-order chi connectivity index (χ0) is 11.4. The number of rotatable bonds is 2. The zero-order valence-corrected chi connectivity index (χ0v) is 8.92. The maximum atomic E-state index is 12.9. The van der Waals surface area contributed by atoms with Crippen LogP contribution in [0, 0.1) is 16.6 Å². The Balaban J connectivity index is 3.00. The minimum atomic E-state index is -0.444. The molecule has 82 valence electrons. The molecular formula is C10H15FN4. The maximum absolute atomic E-state index is 12.9. The van der Waals surface area contributed by atoms with E-state index in [0.29, 0.717) is 6.54 Å². The van der Waals surface area contributed by atoms with Crippen LogP contribution < -0.4 is 5.49 Å². The molecule has 0 saturated carbocycles. The summed E-state index contributed by atoms with van der Waals surface area (Å²) in [5.41, 5.74) is 0.101. The van der Waals surface area contributed by atoms with Crippen LogP contribution >= 0.6 is 0 Å². The van der Waals surface area contributed by atoms with Gasteiger partial charge in [0.05, 0.1) is 0 Å². The molecule has 1 heterocycles. The third-order valence-electron chi connectivity index (χ3n) is 2.06. The second-order valence-electron chi connectivity index (χ2n) is 3.35. The SMILES string of the molecule is CCCN(C)C(=N)n1cc(F)ccc1=N. The van der Waals surface area contributed by atoms with E-state index < -0.39 is 5.82 Å². The van der Waals surface area contributed by atoms with E-state index in [1.807, 2.05) is 6.92 Å². The van der Waals surface area contributed by atoms with Crippen molar-refractivity contribution in [3.63, 3.8) is 0 Å². The Kier molecular flexibility index (Phi) is 3.60. The van der Waals surface area contributed by atoms with Crippen LogP contribution in [0.5, 0.6) is 0 Å². The Bertz CT molecular complexity index is 410. The van der Waals surface area contributed by atoms with E-state index in [9.17, 15) is 4.39 Å². The van der Waals surface area contributed by atoms with Crippen LogP contribution in [-0.2, 0) is 0 Å². The molecule has 0 unspecified atom stereocenters. The molecule has 1 aromatic rings. The van der Waals surface area contributed by atoms with Crippen LogP contribution in [0.1, 0.15) is 13.3 Å². The van der Waals surface area contributed by atoms with E-state index in [0.717, 1.165) is 12.6 Å². The molecule has 4 nitrogen and oxygen atoms in total. The summed E-state index contributed by atoms with van der Waals surface area (Å²) in [7, 11) is 1.75. The first-order chi connectivity index (χ1) is 7.06. The average Bonchev–Trinajstić information content (AvgIpc) is 2.21. The first kappa shape index (κ1) is 11.4. The van der Waals surface area contributed by atoms with Crippen molar-refractivity contribution in [3.05, 3.63) is 29.6 Å². The van der Waals surface area contributed by atoms with Gasteiger partial charge in [0, 0.05) is 19.8 Å². The van der Waals surface area contributed by atoms with Gasteiger partial charge in [-0.1, -0.05) is 6.92 Å². The van der Waals surface area contributed by atoms with Gasteiger partial charge < -0.3 is 4.90 Å². The summed E-state index contributed by atoms with van der Waals surface area (Å²) < 4.78 is 14.2. The summed E-state index contributed by atoms with van der Waals surface area (Å²) in [6, 6.07) is 2.55. The summed E-state index contributed by atoms with van der Waals surface area (Å²) in [4.78, 5) is 1.68. The molecular weight excluding hydrogens is 195 g/mol. The van der Waals surface area contributed by atoms with Crippen LogP contribution in [-0.4, -0.2) is 29.0 Å². The first-order valence-electron chi connectivity index (χ1n) is 4.79. The van der Waals surface area contributed by atoms with Crippen LogP contribution in [0.25, 0.3) is 0 Å². The molecule has 1 rings (SSSR count). The predicted octanol–water partition coefficient (Wildman–Crippen LogP) is 1.23. The molecule has 0 amide bonds. The van der Waals surface area contributed by atoms with E-state index in [4.69, 9.17) is 10.8 Å². The summed E-state index contributed by atoms with van der Waals surface area (Å²) in [5.74, 6) is -0.331. The van der Waals surface area contributed by atoms with Crippen molar-refractivity contribution in [3.8, 4) is 0 Å². The van der Waals surface area contributed by atoms with Crippen molar-refractivity contribution in [2.75, 3.05) is 13.6 Å². The highest BCUT2D eigenvalue weighted by molar-refractivity contribution is 5.78. The first-order valence-corrected chi connectivity index (χ1v) is 4.79. The van der Waals surface area contributed by atoms with Gasteiger partial charge in [0.1, 0.15) is 11.3 Å². The highest BCUT2D eigenvalue weighted by Gasteiger charge is 2.06. The second kappa shape index (κ2) is 4.72. The van der Waals surface area contributed by atoms with Crippen molar-refractivity contribution in [2.24, 2.45) is 0 Å². The Morgan fingerprint density at radius 1 is 1.53 bits per heavy atom. The number of pyridine rings is 1. The van der Waals surface area contributed by atoms with Gasteiger partial charge >= 0.3 is 0 Å². The number of nitrogens with zero attached hydrogens (tertiary/aromatic N) is 2. The fraction of sp³-hybridized carbons (Fsp3) is 0.400. The Labute approximate surface area is 88.0 Å². The van der Waals surface area contributed by atoms with E-state index in [-0.39, 0.29) is 11.4 Å². The lowest BCUT2D eigenvalue weighted by Crippen LogP contribution is -2.38. The average molecular weight is 210 g/mol. The van der Waals surface area contributed by atoms with E-state index in [2.05, 4.69) is 0 Å². The quantitative estimate of drug-likeness (QED) is 0.560. The van der Waals surface area contributed by atoms with Crippen molar-refractivity contribution in [1.29, 1.82) is 10.8 Å². The second-order valence-corrected chi connectivity index (χ2v) is 3.35. The van der Waals surface area contributed by atoms with E-state index in [1.54, 1.807) is 11.9 Å². The lowest BCUT2D eigenvalue weighted by atomic mass is 10.4. The molecule has 0 aromatic carbocycles. The van der Waals surface area contributed by atoms with Crippen LogP contribution in [0.15, 0.2) is 18.3 Å². The lowest BCUT2D eigenvalue weighted by molar-refractivity contribution is 0.475. The lowest BCUT2D eigenvalue weighted by Gasteiger charge is -2.20. The molecule has 15 heavy (non-hydrogen) atoms. The van der Waals surface area contributed by atoms with Gasteiger partial charge in [0.15, 0.2) is 0 Å². The number of halogens is 1. The molecule has 0 aliphatic heterocycles. The monoisotopic (exact) mass is 210 g/mol. The number of hydrogen-bond acceptors (Lipinski definition) is 2. The van der Waals surface area contributed by atoms with Crippen molar-refractivity contribution >= 4 is 5.96 Å². The molecule has 0 aliphatic rings. The molecule has 0 saturated heterocycles. The van der Waals surface area contributed by atoms with Gasteiger partial charge in [0.2, 0.25) is 5.96 Å². The van der Waals surface area contributed by atoms with Gasteiger partial charge in [-0.05, 0) is 18.6 Å². The van der Waals surface area contributed by atoms with E-state index >= 15 is 0 Å². The largest absolute Gasteiger partial charge is 0.345 e. The maximum Gasteiger partial charge on any atom is 0.203 e. The van der Waals surface area contributed by atoms with Gasteiger partial charge in [0.25, 0.3) is 0 Å².